The van der Waals surface area contributed by atoms with Crippen molar-refractivity contribution in [2.75, 3.05) is 0 Å². The summed E-state index contributed by atoms with van der Waals surface area (Å²) in [5, 5.41) is 0. The van der Waals surface area contributed by atoms with Crippen LogP contribution in [0.15, 0.2) is 24.8 Å². The minimum atomic E-state index is 0.295. The number of hydrogen-bond donors (Lipinski definition) is 0. The van der Waals surface area contributed by atoms with Crippen molar-refractivity contribution in [3.8, 4) is 0 Å². The molecule has 0 aromatic rings. The summed E-state index contributed by atoms with van der Waals surface area (Å²) in [5.74, 6) is 1.20. The molecule has 0 aliphatic heterocycles. The SMILES string of the molecule is C=C.CCCC(C)CCCCCC(C)=CCCC(C)=O. The van der Waals surface area contributed by atoms with Crippen LogP contribution < -0.4 is 0 Å². The molecule has 0 radical (unpaired) electrons. The average molecular weight is 280 g/mol. The van der Waals surface area contributed by atoms with Crippen molar-refractivity contribution in [2.24, 2.45) is 5.92 Å². The fourth-order valence-corrected chi connectivity index (χ4v) is 2.33. The number of allylic oxidation sites excluding steroid dienone is 2. The number of carbonyl (C=O) groups excluding carboxylic acids is 1. The van der Waals surface area contributed by atoms with Crippen molar-refractivity contribution in [3.05, 3.63) is 24.8 Å². The van der Waals surface area contributed by atoms with Crippen molar-refractivity contribution >= 4 is 5.78 Å². The highest BCUT2D eigenvalue weighted by molar-refractivity contribution is 5.75. The van der Waals surface area contributed by atoms with Crippen LogP contribution in [-0.4, -0.2) is 5.78 Å². The van der Waals surface area contributed by atoms with Crippen molar-refractivity contribution in [2.45, 2.75) is 85.5 Å². The van der Waals surface area contributed by atoms with E-state index in [1.54, 1.807) is 6.92 Å². The molecule has 0 rings (SSSR count). The first-order valence-corrected chi connectivity index (χ1v) is 8.21. The van der Waals surface area contributed by atoms with Crippen LogP contribution in [0, 0.1) is 5.92 Å². The number of hydrogen-bond acceptors (Lipinski definition) is 1. The maximum Gasteiger partial charge on any atom is 0.130 e. The summed E-state index contributed by atoms with van der Waals surface area (Å²) in [6, 6.07) is 0. The number of carbonyl (C=O) groups is 1. The molecule has 0 N–H and O–H groups in total. The number of ketones is 1. The zero-order valence-electron chi connectivity index (χ0n) is 14.3. The van der Waals surface area contributed by atoms with Gasteiger partial charge >= 0.3 is 0 Å². The third-order valence-corrected chi connectivity index (χ3v) is 3.54. The molecule has 1 unspecified atom stereocenters. The lowest BCUT2D eigenvalue weighted by atomic mass is 9.97. The highest BCUT2D eigenvalue weighted by Gasteiger charge is 2.00. The van der Waals surface area contributed by atoms with E-state index >= 15 is 0 Å². The van der Waals surface area contributed by atoms with Crippen LogP contribution in [0.1, 0.15) is 85.5 Å². The monoisotopic (exact) mass is 280 g/mol. The molecule has 0 saturated heterocycles. The Hall–Kier alpha value is -0.850. The molecule has 20 heavy (non-hydrogen) atoms. The fraction of sp³-hybridized carbons (Fsp3) is 0.737. The second kappa shape index (κ2) is 16.2. The first kappa shape index (κ1) is 21.4. The van der Waals surface area contributed by atoms with Crippen LogP contribution >= 0.6 is 0 Å². The van der Waals surface area contributed by atoms with E-state index in [1.807, 2.05) is 0 Å². The molecular formula is C19H36O. The molecule has 0 bridgehead atoms. The Balaban J connectivity index is 0. The first-order chi connectivity index (χ1) is 9.56. The molecule has 1 atom stereocenters. The summed E-state index contributed by atoms with van der Waals surface area (Å²) in [6.45, 7) is 14.5. The second-order valence-corrected chi connectivity index (χ2v) is 5.78. The van der Waals surface area contributed by atoms with Crippen LogP contribution in [-0.2, 0) is 4.79 Å². The lowest BCUT2D eigenvalue weighted by Gasteiger charge is -2.09. The molecule has 0 spiro atoms. The zero-order valence-corrected chi connectivity index (χ0v) is 14.3. The van der Waals surface area contributed by atoms with Gasteiger partial charge in [-0.05, 0) is 39.0 Å². The lowest BCUT2D eigenvalue weighted by Crippen LogP contribution is -1.93. The van der Waals surface area contributed by atoms with Gasteiger partial charge in [0.2, 0.25) is 0 Å². The third kappa shape index (κ3) is 17.2. The minimum absolute atomic E-state index is 0.295. The summed E-state index contributed by atoms with van der Waals surface area (Å²) in [7, 11) is 0. The smallest absolute Gasteiger partial charge is 0.130 e. The van der Waals surface area contributed by atoms with E-state index in [1.165, 1.54) is 50.5 Å². The highest BCUT2D eigenvalue weighted by atomic mass is 16.1. The Morgan fingerprint density at radius 2 is 1.70 bits per heavy atom. The summed E-state index contributed by atoms with van der Waals surface area (Å²) < 4.78 is 0. The first-order valence-electron chi connectivity index (χ1n) is 8.21. The van der Waals surface area contributed by atoms with Gasteiger partial charge in [0.05, 0.1) is 0 Å². The summed E-state index contributed by atoms with van der Waals surface area (Å²) in [4.78, 5) is 10.8. The standard InChI is InChI=1S/C17H32O.C2H4/c1-5-10-15(2)11-7-6-8-12-16(3)13-9-14-17(4)18;1-2/h13,15H,5-12,14H2,1-4H3;1-2H2. The molecule has 118 valence electrons. The van der Waals surface area contributed by atoms with E-state index in [-0.39, 0.29) is 0 Å². The minimum Gasteiger partial charge on any atom is -0.300 e. The predicted molar refractivity (Wildman–Crippen MR) is 92.1 cm³/mol. The Kier molecular flexibility index (Phi) is 17.4. The molecule has 0 amide bonds. The summed E-state index contributed by atoms with van der Waals surface area (Å²) in [6.07, 6.45) is 13.2. The number of rotatable bonds is 11. The van der Waals surface area contributed by atoms with Crippen molar-refractivity contribution < 1.29 is 4.79 Å². The molecule has 0 fully saturated rings. The van der Waals surface area contributed by atoms with Crippen molar-refractivity contribution in [1.29, 1.82) is 0 Å². The molecule has 1 heteroatoms. The Morgan fingerprint density at radius 1 is 1.05 bits per heavy atom. The summed E-state index contributed by atoms with van der Waals surface area (Å²) >= 11 is 0. The van der Waals surface area contributed by atoms with Gasteiger partial charge in [-0.15, -0.1) is 13.2 Å². The molecule has 0 saturated carbocycles. The molecule has 1 nitrogen and oxygen atoms in total. The molecule has 0 aromatic carbocycles. The van der Waals surface area contributed by atoms with E-state index < -0.39 is 0 Å². The Morgan fingerprint density at radius 3 is 2.25 bits per heavy atom. The van der Waals surface area contributed by atoms with Crippen LogP contribution in [0.5, 0.6) is 0 Å². The molecule has 0 aromatic heterocycles. The van der Waals surface area contributed by atoms with Gasteiger partial charge in [-0.1, -0.05) is 57.6 Å². The van der Waals surface area contributed by atoms with Crippen LogP contribution in [0.2, 0.25) is 0 Å². The van der Waals surface area contributed by atoms with Gasteiger partial charge in [0, 0.05) is 6.42 Å². The molecule has 0 heterocycles. The summed E-state index contributed by atoms with van der Waals surface area (Å²) in [5.41, 5.74) is 1.46. The van der Waals surface area contributed by atoms with Crippen LogP contribution in [0.25, 0.3) is 0 Å². The third-order valence-electron chi connectivity index (χ3n) is 3.54. The maximum atomic E-state index is 10.8. The van der Waals surface area contributed by atoms with E-state index in [2.05, 4.69) is 40.0 Å². The van der Waals surface area contributed by atoms with Gasteiger partial charge in [0.1, 0.15) is 5.78 Å². The van der Waals surface area contributed by atoms with Gasteiger partial charge in [-0.25, -0.2) is 0 Å². The van der Waals surface area contributed by atoms with Gasteiger partial charge in [0.15, 0.2) is 0 Å². The van der Waals surface area contributed by atoms with Gasteiger partial charge in [-0.2, -0.15) is 0 Å². The highest BCUT2D eigenvalue weighted by Crippen LogP contribution is 2.16. The van der Waals surface area contributed by atoms with Gasteiger partial charge < -0.3 is 4.79 Å². The van der Waals surface area contributed by atoms with Crippen molar-refractivity contribution in [3.63, 3.8) is 0 Å². The largest absolute Gasteiger partial charge is 0.300 e. The van der Waals surface area contributed by atoms with Crippen LogP contribution in [0.3, 0.4) is 0 Å². The zero-order chi connectivity index (χ0) is 15.8. The molecule has 0 aliphatic carbocycles. The van der Waals surface area contributed by atoms with Gasteiger partial charge in [-0.3, -0.25) is 0 Å². The number of unbranched alkanes of at least 4 members (excludes halogenated alkanes) is 2. The molecular weight excluding hydrogens is 244 g/mol. The topological polar surface area (TPSA) is 17.1 Å². The Bertz CT molecular complexity index is 252. The van der Waals surface area contributed by atoms with Crippen LogP contribution in [0.4, 0.5) is 0 Å². The van der Waals surface area contributed by atoms with E-state index in [0.29, 0.717) is 12.2 Å². The van der Waals surface area contributed by atoms with E-state index in [9.17, 15) is 4.79 Å². The fourth-order valence-electron chi connectivity index (χ4n) is 2.33. The van der Waals surface area contributed by atoms with Gasteiger partial charge in [0.25, 0.3) is 0 Å². The van der Waals surface area contributed by atoms with E-state index in [4.69, 9.17) is 0 Å². The number of Topliss-reactive ketones (excluding diaryl/α,β-unsaturated/α-hetero) is 1. The average Bonchev–Trinajstić information content (AvgIpc) is 2.40. The maximum absolute atomic E-state index is 10.8. The lowest BCUT2D eigenvalue weighted by molar-refractivity contribution is -0.116. The van der Waals surface area contributed by atoms with Crippen molar-refractivity contribution in [1.82, 2.24) is 0 Å². The molecule has 0 aliphatic rings. The predicted octanol–water partition coefficient (Wildman–Crippen LogP) is 6.49. The second-order valence-electron chi connectivity index (χ2n) is 5.78. The quantitative estimate of drug-likeness (QED) is 0.312. The van der Waals surface area contributed by atoms with E-state index in [0.717, 1.165) is 12.3 Å². The Labute approximate surface area is 127 Å². The normalized spacial score (nSPS) is 12.5.